The molecule has 5 heteroatoms. The molecule has 14 heavy (non-hydrogen) atoms. The van der Waals surface area contributed by atoms with Gasteiger partial charge in [0, 0.05) is 5.69 Å². The minimum absolute atomic E-state index is 0.118. The Hall–Kier alpha value is -2.04. The number of benzene rings is 1. The van der Waals surface area contributed by atoms with E-state index in [1.165, 1.54) is 0 Å². The number of guanidine groups is 1. The predicted molar refractivity (Wildman–Crippen MR) is 54.9 cm³/mol. The fourth-order valence-corrected chi connectivity index (χ4v) is 1.06. The minimum Gasteiger partial charge on any atom is -0.370 e. The van der Waals surface area contributed by atoms with Crippen LogP contribution in [0.15, 0.2) is 24.3 Å². The third kappa shape index (κ3) is 3.14. The van der Waals surface area contributed by atoms with E-state index in [9.17, 15) is 4.79 Å². The zero-order valence-corrected chi connectivity index (χ0v) is 7.58. The van der Waals surface area contributed by atoms with Crippen LogP contribution in [0.1, 0.15) is 5.56 Å². The van der Waals surface area contributed by atoms with Crippen LogP contribution in [-0.4, -0.2) is 11.9 Å². The Morgan fingerprint density at radius 2 is 1.86 bits per heavy atom. The number of carbonyl (C=O) groups excluding carboxylic acids is 1. The Morgan fingerprint density at radius 1 is 1.29 bits per heavy atom. The Bertz CT molecular complexity index is 309. The second-order valence-corrected chi connectivity index (χ2v) is 2.88. The monoisotopic (exact) mass is 192 g/mol. The highest BCUT2D eigenvalue weighted by atomic mass is 16.1. The summed E-state index contributed by atoms with van der Waals surface area (Å²) in [4.78, 5) is 10.6. The quantitative estimate of drug-likeness (QED) is 0.400. The molecule has 0 bridgehead atoms. The molecule has 6 N–H and O–H groups in total. The Kier molecular flexibility index (Phi) is 3.06. The first-order chi connectivity index (χ1) is 6.58. The third-order valence-corrected chi connectivity index (χ3v) is 1.61. The number of hydrogen-bond donors (Lipinski definition) is 4. The summed E-state index contributed by atoms with van der Waals surface area (Å²) in [5, 5.41) is 9.62. The van der Waals surface area contributed by atoms with Crippen LogP contribution < -0.4 is 16.8 Å². The summed E-state index contributed by atoms with van der Waals surface area (Å²) >= 11 is 0. The Labute approximate surface area is 81.6 Å². The van der Waals surface area contributed by atoms with Crippen LogP contribution >= 0.6 is 0 Å². The van der Waals surface area contributed by atoms with Gasteiger partial charge in [0.2, 0.25) is 5.91 Å². The summed E-state index contributed by atoms with van der Waals surface area (Å²) in [5.74, 6) is -0.482. The first-order valence-corrected chi connectivity index (χ1v) is 4.06. The first kappa shape index (κ1) is 10.0. The summed E-state index contributed by atoms with van der Waals surface area (Å²) in [6.07, 6.45) is 0.223. The van der Waals surface area contributed by atoms with E-state index in [-0.39, 0.29) is 18.3 Å². The van der Waals surface area contributed by atoms with Gasteiger partial charge >= 0.3 is 0 Å². The summed E-state index contributed by atoms with van der Waals surface area (Å²) in [6.45, 7) is 0. The van der Waals surface area contributed by atoms with Crippen LogP contribution in [-0.2, 0) is 11.2 Å². The Morgan fingerprint density at radius 3 is 2.29 bits per heavy atom. The first-order valence-electron chi connectivity index (χ1n) is 4.06. The highest BCUT2D eigenvalue weighted by Gasteiger charge is 1.98. The molecule has 0 saturated heterocycles. The van der Waals surface area contributed by atoms with E-state index >= 15 is 0 Å². The summed E-state index contributed by atoms with van der Waals surface area (Å²) in [6, 6.07) is 6.99. The van der Waals surface area contributed by atoms with Gasteiger partial charge in [0.05, 0.1) is 6.42 Å². The molecule has 74 valence electrons. The second kappa shape index (κ2) is 4.27. The molecule has 0 aliphatic carbocycles. The molecule has 5 nitrogen and oxygen atoms in total. The summed E-state index contributed by atoms with van der Waals surface area (Å²) < 4.78 is 0. The maximum Gasteiger partial charge on any atom is 0.221 e. The van der Waals surface area contributed by atoms with Crippen molar-refractivity contribution >= 4 is 17.6 Å². The van der Waals surface area contributed by atoms with Gasteiger partial charge in [-0.25, -0.2) is 0 Å². The van der Waals surface area contributed by atoms with Crippen LogP contribution in [0.4, 0.5) is 5.69 Å². The molecule has 1 aromatic carbocycles. The number of hydrogen-bond acceptors (Lipinski definition) is 2. The summed E-state index contributed by atoms with van der Waals surface area (Å²) in [7, 11) is 0. The number of nitrogens with one attached hydrogen (secondary N) is 2. The van der Waals surface area contributed by atoms with E-state index in [1.54, 1.807) is 24.3 Å². The van der Waals surface area contributed by atoms with Gasteiger partial charge in [-0.15, -0.1) is 0 Å². The number of primary amides is 1. The smallest absolute Gasteiger partial charge is 0.221 e. The third-order valence-electron chi connectivity index (χ3n) is 1.61. The lowest BCUT2D eigenvalue weighted by atomic mass is 10.1. The lowest BCUT2D eigenvalue weighted by Crippen LogP contribution is -2.20. The van der Waals surface area contributed by atoms with Crippen molar-refractivity contribution < 1.29 is 4.79 Å². The van der Waals surface area contributed by atoms with Crippen molar-refractivity contribution in [3.63, 3.8) is 0 Å². The molecule has 0 unspecified atom stereocenters. The van der Waals surface area contributed by atoms with Crippen molar-refractivity contribution in [1.82, 2.24) is 0 Å². The largest absolute Gasteiger partial charge is 0.370 e. The molecule has 0 aliphatic rings. The normalized spacial score (nSPS) is 9.43. The predicted octanol–water partition coefficient (Wildman–Crippen LogP) is 0.0198. The van der Waals surface area contributed by atoms with Gasteiger partial charge in [-0.2, -0.15) is 0 Å². The van der Waals surface area contributed by atoms with Gasteiger partial charge in [-0.1, -0.05) is 12.1 Å². The molecule has 0 spiro atoms. The van der Waals surface area contributed by atoms with Crippen LogP contribution in [0, 0.1) is 5.41 Å². The van der Waals surface area contributed by atoms with E-state index in [2.05, 4.69) is 5.32 Å². The van der Waals surface area contributed by atoms with Gasteiger partial charge < -0.3 is 16.8 Å². The number of amides is 1. The zero-order chi connectivity index (χ0) is 10.6. The average Bonchev–Trinajstić information content (AvgIpc) is 2.06. The molecule has 0 heterocycles. The lowest BCUT2D eigenvalue weighted by molar-refractivity contribution is -0.117. The molecule has 1 amide bonds. The van der Waals surface area contributed by atoms with Crippen molar-refractivity contribution in [2.24, 2.45) is 11.5 Å². The average molecular weight is 192 g/mol. The van der Waals surface area contributed by atoms with Gasteiger partial charge in [-0.3, -0.25) is 10.2 Å². The molecule has 0 fully saturated rings. The van der Waals surface area contributed by atoms with E-state index in [0.29, 0.717) is 5.69 Å². The maximum atomic E-state index is 10.6. The van der Waals surface area contributed by atoms with Crippen molar-refractivity contribution in [3.05, 3.63) is 29.8 Å². The zero-order valence-electron chi connectivity index (χ0n) is 7.58. The van der Waals surface area contributed by atoms with Crippen molar-refractivity contribution in [2.45, 2.75) is 6.42 Å². The topological polar surface area (TPSA) is 105 Å². The van der Waals surface area contributed by atoms with Gasteiger partial charge in [0.25, 0.3) is 0 Å². The van der Waals surface area contributed by atoms with Crippen molar-refractivity contribution in [3.8, 4) is 0 Å². The van der Waals surface area contributed by atoms with E-state index in [1.807, 2.05) is 0 Å². The fourth-order valence-electron chi connectivity index (χ4n) is 1.06. The van der Waals surface area contributed by atoms with E-state index in [0.717, 1.165) is 5.56 Å². The number of nitrogens with two attached hydrogens (primary N) is 2. The van der Waals surface area contributed by atoms with E-state index in [4.69, 9.17) is 16.9 Å². The Balaban J connectivity index is 2.68. The highest BCUT2D eigenvalue weighted by Crippen LogP contribution is 2.09. The highest BCUT2D eigenvalue weighted by molar-refractivity contribution is 5.89. The van der Waals surface area contributed by atoms with Gasteiger partial charge in [0.15, 0.2) is 5.96 Å². The molecule has 1 rings (SSSR count). The van der Waals surface area contributed by atoms with Crippen LogP contribution in [0.25, 0.3) is 0 Å². The SMILES string of the molecule is N=C(N)Nc1ccc(CC(N)=O)cc1. The molecule has 1 aromatic rings. The molecule has 0 saturated carbocycles. The molecule has 0 atom stereocenters. The minimum atomic E-state index is -0.364. The van der Waals surface area contributed by atoms with Crippen molar-refractivity contribution in [1.29, 1.82) is 5.41 Å². The van der Waals surface area contributed by atoms with Crippen LogP contribution in [0.3, 0.4) is 0 Å². The van der Waals surface area contributed by atoms with Crippen LogP contribution in [0.5, 0.6) is 0 Å². The number of carbonyl (C=O) groups is 1. The lowest BCUT2D eigenvalue weighted by Gasteiger charge is -2.04. The molecular formula is C9H12N4O. The maximum absolute atomic E-state index is 10.6. The van der Waals surface area contributed by atoms with E-state index < -0.39 is 0 Å². The molecular weight excluding hydrogens is 180 g/mol. The molecule has 0 radical (unpaired) electrons. The van der Waals surface area contributed by atoms with Gasteiger partial charge in [0.1, 0.15) is 0 Å². The van der Waals surface area contributed by atoms with Crippen molar-refractivity contribution in [2.75, 3.05) is 5.32 Å². The van der Waals surface area contributed by atoms with Gasteiger partial charge in [-0.05, 0) is 17.7 Å². The second-order valence-electron chi connectivity index (χ2n) is 2.88. The summed E-state index contributed by atoms with van der Waals surface area (Å²) in [5.41, 5.74) is 11.7. The molecule has 0 aliphatic heterocycles. The number of rotatable bonds is 3. The standard InChI is InChI=1S/C9H12N4O/c10-8(14)5-6-1-3-7(4-2-6)13-9(11)12/h1-4H,5H2,(H2,10,14)(H4,11,12,13). The number of anilines is 1. The van der Waals surface area contributed by atoms with Crippen LogP contribution in [0.2, 0.25) is 0 Å². The molecule has 0 aromatic heterocycles. The fraction of sp³-hybridized carbons (Fsp3) is 0.111.